The van der Waals surface area contributed by atoms with Gasteiger partial charge in [0.05, 0.1) is 17.6 Å². The van der Waals surface area contributed by atoms with Gasteiger partial charge in [0.2, 0.25) is 0 Å². The van der Waals surface area contributed by atoms with Crippen molar-refractivity contribution in [2.24, 2.45) is 0 Å². The van der Waals surface area contributed by atoms with E-state index in [4.69, 9.17) is 0 Å². The summed E-state index contributed by atoms with van der Waals surface area (Å²) in [7, 11) is 0. The predicted octanol–water partition coefficient (Wildman–Crippen LogP) is 0.348. The molecule has 0 aromatic carbocycles. The van der Waals surface area contributed by atoms with E-state index in [-0.39, 0.29) is 0 Å². The van der Waals surface area contributed by atoms with Crippen LogP contribution < -0.4 is 0 Å². The summed E-state index contributed by atoms with van der Waals surface area (Å²) < 4.78 is 0. The van der Waals surface area contributed by atoms with Crippen molar-refractivity contribution in [2.45, 2.75) is 6.10 Å². The van der Waals surface area contributed by atoms with Crippen molar-refractivity contribution in [2.75, 3.05) is 0 Å². The summed E-state index contributed by atoms with van der Waals surface area (Å²) in [5.41, 5.74) is 0.992. The number of hydrogen-bond acceptors (Lipinski definition) is 5. The lowest BCUT2D eigenvalue weighted by Crippen LogP contribution is -2.04. The molecule has 1 unspecified atom stereocenters. The minimum Gasteiger partial charge on any atom is -0.380 e. The van der Waals surface area contributed by atoms with Crippen molar-refractivity contribution in [3.63, 3.8) is 0 Å². The molecule has 70 valence electrons. The molecular weight excluding hydrogens is 180 g/mol. The van der Waals surface area contributed by atoms with Gasteiger partial charge in [0.25, 0.3) is 0 Å². The minimum atomic E-state index is -0.841. The molecule has 0 aliphatic heterocycles. The number of nitrogens with zero attached hydrogens (tertiary/aromatic N) is 4. The third-order valence-corrected chi connectivity index (χ3v) is 1.75. The molecule has 0 spiro atoms. The molecule has 0 radical (unpaired) electrons. The van der Waals surface area contributed by atoms with Crippen molar-refractivity contribution < 1.29 is 5.11 Å². The maximum absolute atomic E-state index is 9.80. The van der Waals surface area contributed by atoms with Crippen LogP contribution in [0.3, 0.4) is 0 Å². The van der Waals surface area contributed by atoms with Gasteiger partial charge in [-0.05, 0) is 6.07 Å². The molecular formula is C9H8N4O. The van der Waals surface area contributed by atoms with Gasteiger partial charge in [-0.25, -0.2) is 9.97 Å². The highest BCUT2D eigenvalue weighted by Crippen LogP contribution is 2.15. The molecule has 0 fully saturated rings. The number of rotatable bonds is 2. The number of hydrogen-bond donors (Lipinski definition) is 1. The number of aliphatic hydroxyl groups is 1. The van der Waals surface area contributed by atoms with E-state index in [0.717, 1.165) is 0 Å². The Labute approximate surface area is 80.5 Å². The number of aromatic nitrogens is 4. The first-order valence-corrected chi connectivity index (χ1v) is 4.08. The molecule has 5 nitrogen and oxygen atoms in total. The lowest BCUT2D eigenvalue weighted by atomic mass is 10.2. The topological polar surface area (TPSA) is 71.8 Å². The molecule has 2 heterocycles. The minimum absolute atomic E-state index is 0.478. The van der Waals surface area contributed by atoms with E-state index in [9.17, 15) is 5.11 Å². The van der Waals surface area contributed by atoms with E-state index in [0.29, 0.717) is 11.4 Å². The first-order valence-electron chi connectivity index (χ1n) is 4.08. The Hall–Kier alpha value is -1.88. The van der Waals surface area contributed by atoms with E-state index in [1.807, 2.05) is 0 Å². The Bertz CT molecular complexity index is 353. The second kappa shape index (κ2) is 3.89. The smallest absolute Gasteiger partial charge is 0.139 e. The fourth-order valence-corrected chi connectivity index (χ4v) is 1.07. The molecule has 0 saturated carbocycles. The normalized spacial score (nSPS) is 12.4. The summed E-state index contributed by atoms with van der Waals surface area (Å²) in [5, 5.41) is 9.80. The molecule has 2 aromatic heterocycles. The van der Waals surface area contributed by atoms with Crippen LogP contribution in [0.15, 0.2) is 37.2 Å². The Morgan fingerprint density at radius 3 is 2.57 bits per heavy atom. The van der Waals surface area contributed by atoms with Crippen molar-refractivity contribution in [1.82, 2.24) is 19.9 Å². The van der Waals surface area contributed by atoms with Crippen LogP contribution in [0.4, 0.5) is 0 Å². The van der Waals surface area contributed by atoms with Crippen molar-refractivity contribution in [1.29, 1.82) is 0 Å². The zero-order valence-corrected chi connectivity index (χ0v) is 7.28. The Morgan fingerprint density at radius 2 is 1.93 bits per heavy atom. The fourth-order valence-electron chi connectivity index (χ4n) is 1.07. The maximum Gasteiger partial charge on any atom is 0.139 e. The van der Waals surface area contributed by atoms with Crippen molar-refractivity contribution in [3.05, 3.63) is 48.6 Å². The summed E-state index contributed by atoms with van der Waals surface area (Å²) in [6, 6.07) is 1.64. The monoisotopic (exact) mass is 188 g/mol. The van der Waals surface area contributed by atoms with Gasteiger partial charge in [-0.15, -0.1) is 0 Å². The summed E-state index contributed by atoms with van der Waals surface area (Å²) in [5.74, 6) is 0. The first-order chi connectivity index (χ1) is 6.88. The molecule has 0 aliphatic carbocycles. The van der Waals surface area contributed by atoms with Crippen LogP contribution in [-0.2, 0) is 0 Å². The van der Waals surface area contributed by atoms with Crippen LogP contribution in [0.1, 0.15) is 17.5 Å². The molecule has 1 N–H and O–H groups in total. The van der Waals surface area contributed by atoms with Crippen LogP contribution in [0.5, 0.6) is 0 Å². The average molecular weight is 188 g/mol. The van der Waals surface area contributed by atoms with E-state index < -0.39 is 6.10 Å². The van der Waals surface area contributed by atoms with Gasteiger partial charge in [0, 0.05) is 18.6 Å². The van der Waals surface area contributed by atoms with Gasteiger partial charge in [0.1, 0.15) is 12.4 Å². The fraction of sp³-hybridized carbons (Fsp3) is 0.111. The second-order valence-corrected chi connectivity index (χ2v) is 2.67. The Balaban J connectivity index is 2.30. The highest BCUT2D eigenvalue weighted by atomic mass is 16.3. The van der Waals surface area contributed by atoms with Gasteiger partial charge in [-0.3, -0.25) is 9.97 Å². The van der Waals surface area contributed by atoms with Gasteiger partial charge in [-0.2, -0.15) is 0 Å². The van der Waals surface area contributed by atoms with Crippen LogP contribution in [0, 0.1) is 0 Å². The summed E-state index contributed by atoms with van der Waals surface area (Å²) in [6.45, 7) is 0. The van der Waals surface area contributed by atoms with Crippen LogP contribution in [-0.4, -0.2) is 25.0 Å². The highest BCUT2D eigenvalue weighted by Gasteiger charge is 2.12. The zero-order valence-electron chi connectivity index (χ0n) is 7.28. The van der Waals surface area contributed by atoms with E-state index in [2.05, 4.69) is 19.9 Å². The molecule has 2 rings (SSSR count). The molecule has 0 aliphatic rings. The molecule has 0 amide bonds. The lowest BCUT2D eigenvalue weighted by Gasteiger charge is -2.07. The van der Waals surface area contributed by atoms with E-state index in [1.54, 1.807) is 18.5 Å². The molecule has 1 atom stereocenters. The molecule has 2 aromatic rings. The lowest BCUT2D eigenvalue weighted by molar-refractivity contribution is 0.209. The summed E-state index contributed by atoms with van der Waals surface area (Å²) in [4.78, 5) is 15.5. The first kappa shape index (κ1) is 8.71. The highest BCUT2D eigenvalue weighted by molar-refractivity contribution is 5.14. The quantitative estimate of drug-likeness (QED) is 0.736. The molecule has 0 bridgehead atoms. The third-order valence-electron chi connectivity index (χ3n) is 1.75. The third kappa shape index (κ3) is 1.72. The van der Waals surface area contributed by atoms with Crippen molar-refractivity contribution >= 4 is 0 Å². The standard InChI is InChI=1S/C9H8N4O/c14-9(7-1-2-11-6-13-7)8-5-10-3-4-12-8/h1-6,9,14H. The van der Waals surface area contributed by atoms with Gasteiger partial charge in [-0.1, -0.05) is 0 Å². The summed E-state index contributed by atoms with van der Waals surface area (Å²) in [6.07, 6.45) is 6.70. The van der Waals surface area contributed by atoms with E-state index in [1.165, 1.54) is 18.7 Å². The van der Waals surface area contributed by atoms with Crippen LogP contribution >= 0.6 is 0 Å². The average Bonchev–Trinajstić information content (AvgIpc) is 2.30. The SMILES string of the molecule is OC(c1ccncn1)c1cnccn1. The zero-order chi connectivity index (χ0) is 9.80. The predicted molar refractivity (Wildman–Crippen MR) is 48.1 cm³/mol. The molecule has 0 saturated heterocycles. The largest absolute Gasteiger partial charge is 0.380 e. The second-order valence-electron chi connectivity index (χ2n) is 2.67. The van der Waals surface area contributed by atoms with Crippen molar-refractivity contribution in [3.8, 4) is 0 Å². The summed E-state index contributed by atoms with van der Waals surface area (Å²) >= 11 is 0. The van der Waals surface area contributed by atoms with Crippen LogP contribution in [0.25, 0.3) is 0 Å². The number of aliphatic hydroxyl groups excluding tert-OH is 1. The Kier molecular flexibility index (Phi) is 2.42. The van der Waals surface area contributed by atoms with E-state index >= 15 is 0 Å². The Morgan fingerprint density at radius 1 is 1.00 bits per heavy atom. The molecule has 5 heteroatoms. The van der Waals surface area contributed by atoms with Gasteiger partial charge in [0.15, 0.2) is 0 Å². The van der Waals surface area contributed by atoms with Gasteiger partial charge >= 0.3 is 0 Å². The van der Waals surface area contributed by atoms with Crippen LogP contribution in [0.2, 0.25) is 0 Å². The van der Waals surface area contributed by atoms with Gasteiger partial charge < -0.3 is 5.11 Å². The maximum atomic E-state index is 9.80. The molecule has 14 heavy (non-hydrogen) atoms.